The van der Waals surface area contributed by atoms with Gasteiger partial charge in [0.2, 0.25) is 0 Å². The molecule has 1 rings (SSSR count). The minimum absolute atomic E-state index is 0.173. The number of rotatable bonds is 1. The summed E-state index contributed by atoms with van der Waals surface area (Å²) < 4.78 is 5.41. The van der Waals surface area contributed by atoms with Crippen LogP contribution in [-0.2, 0) is 4.74 Å². The third kappa shape index (κ3) is 6.57. The Morgan fingerprint density at radius 2 is 1.85 bits per heavy atom. The Balaban J connectivity index is 2.70. The molecule has 1 aliphatic rings. The van der Waals surface area contributed by atoms with Gasteiger partial charge in [0, 0.05) is 19.1 Å². The van der Waals surface area contributed by atoms with Crippen molar-refractivity contribution in [3.63, 3.8) is 0 Å². The fourth-order valence-corrected chi connectivity index (χ4v) is 2.38. The van der Waals surface area contributed by atoms with Gasteiger partial charge in [-0.05, 0) is 32.6 Å². The summed E-state index contributed by atoms with van der Waals surface area (Å²) in [4.78, 5) is 13.8. The number of aliphatic hydroxyl groups is 1. The predicted octanol–water partition coefficient (Wildman–Crippen LogP) is 1.99. The van der Waals surface area contributed by atoms with E-state index in [1.807, 2.05) is 20.8 Å². The van der Waals surface area contributed by atoms with Crippen molar-refractivity contribution in [2.75, 3.05) is 19.6 Å². The first-order valence-electron chi connectivity index (χ1n) is 7.36. The minimum atomic E-state index is -0.549. The molecule has 1 saturated heterocycles. The summed E-state index contributed by atoms with van der Waals surface area (Å²) in [7, 11) is 0. The number of aliphatic hydroxyl groups excluding tert-OH is 1. The summed E-state index contributed by atoms with van der Waals surface area (Å²) in [5, 5.41) is 13.2. The predicted molar refractivity (Wildman–Crippen MR) is 79.7 cm³/mol. The molecule has 0 aliphatic carbocycles. The first-order chi connectivity index (χ1) is 8.96. The highest BCUT2D eigenvalue weighted by Gasteiger charge is 2.30. The molecule has 1 amide bonds. The molecule has 0 spiro atoms. The standard InChI is InChI=1S/C15H30N2O3/c1-14(2,3)7-11-9-17(10-12(18)8-16-11)13(19)20-15(4,5)6/h11-12,16,18H,7-10H2,1-6H3/t11-,12-/m0/s1. The molecule has 0 saturated carbocycles. The Labute approximate surface area is 122 Å². The van der Waals surface area contributed by atoms with Gasteiger partial charge in [-0.15, -0.1) is 0 Å². The smallest absolute Gasteiger partial charge is 0.410 e. The van der Waals surface area contributed by atoms with E-state index in [9.17, 15) is 9.90 Å². The molecule has 0 radical (unpaired) electrons. The lowest BCUT2D eigenvalue weighted by atomic mass is 9.88. The molecule has 0 bridgehead atoms. The van der Waals surface area contributed by atoms with Crippen LogP contribution in [0.25, 0.3) is 0 Å². The lowest BCUT2D eigenvalue weighted by molar-refractivity contribution is 0.0170. The quantitative estimate of drug-likeness (QED) is 0.774. The van der Waals surface area contributed by atoms with Gasteiger partial charge >= 0.3 is 6.09 Å². The number of carbonyl (C=O) groups excluding carboxylic acids is 1. The second-order valence-corrected chi connectivity index (χ2v) is 7.91. The topological polar surface area (TPSA) is 61.8 Å². The normalized spacial score (nSPS) is 25.2. The van der Waals surface area contributed by atoms with Crippen LogP contribution in [0.2, 0.25) is 0 Å². The van der Waals surface area contributed by atoms with Crippen molar-refractivity contribution in [1.29, 1.82) is 0 Å². The van der Waals surface area contributed by atoms with E-state index in [4.69, 9.17) is 4.74 Å². The Bertz CT molecular complexity index is 331. The van der Waals surface area contributed by atoms with E-state index < -0.39 is 11.7 Å². The maximum absolute atomic E-state index is 12.2. The van der Waals surface area contributed by atoms with Crippen molar-refractivity contribution in [2.45, 2.75) is 65.7 Å². The molecular weight excluding hydrogens is 256 g/mol. The summed E-state index contributed by atoms with van der Waals surface area (Å²) in [6.45, 7) is 13.5. The van der Waals surface area contributed by atoms with E-state index in [0.717, 1.165) is 6.42 Å². The molecule has 5 nitrogen and oxygen atoms in total. The summed E-state index contributed by atoms with van der Waals surface area (Å²) in [5.74, 6) is 0. The van der Waals surface area contributed by atoms with Crippen molar-refractivity contribution < 1.29 is 14.6 Å². The second-order valence-electron chi connectivity index (χ2n) is 7.91. The monoisotopic (exact) mass is 286 g/mol. The number of amides is 1. The molecule has 1 fully saturated rings. The zero-order chi connectivity index (χ0) is 15.6. The highest BCUT2D eigenvalue weighted by molar-refractivity contribution is 5.68. The molecule has 20 heavy (non-hydrogen) atoms. The van der Waals surface area contributed by atoms with Crippen LogP contribution in [0.5, 0.6) is 0 Å². The van der Waals surface area contributed by atoms with Gasteiger partial charge in [-0.3, -0.25) is 0 Å². The molecule has 1 heterocycles. The van der Waals surface area contributed by atoms with Crippen molar-refractivity contribution in [3.8, 4) is 0 Å². The number of β-amino-alcohol motifs (C(OH)–C–C–N with tert-alkyl or cyclic N) is 1. The Morgan fingerprint density at radius 1 is 1.25 bits per heavy atom. The van der Waals surface area contributed by atoms with Crippen LogP contribution in [-0.4, -0.2) is 53.5 Å². The summed E-state index contributed by atoms with van der Waals surface area (Å²) in [5.41, 5.74) is -0.339. The maximum Gasteiger partial charge on any atom is 0.410 e. The number of hydrogen-bond donors (Lipinski definition) is 2. The lowest BCUT2D eigenvalue weighted by Crippen LogP contribution is -2.44. The average Bonchev–Trinajstić information content (AvgIpc) is 2.36. The van der Waals surface area contributed by atoms with Gasteiger partial charge in [0.25, 0.3) is 0 Å². The van der Waals surface area contributed by atoms with Crippen molar-refractivity contribution in [3.05, 3.63) is 0 Å². The average molecular weight is 286 g/mol. The number of nitrogens with one attached hydrogen (secondary N) is 1. The van der Waals surface area contributed by atoms with E-state index in [-0.39, 0.29) is 17.6 Å². The molecule has 1 aliphatic heterocycles. The van der Waals surface area contributed by atoms with Crippen molar-refractivity contribution >= 4 is 6.09 Å². The molecule has 0 aromatic heterocycles. The number of hydrogen-bond acceptors (Lipinski definition) is 4. The molecule has 5 heteroatoms. The van der Waals surface area contributed by atoms with E-state index >= 15 is 0 Å². The summed E-state index contributed by atoms with van der Waals surface area (Å²) >= 11 is 0. The van der Waals surface area contributed by atoms with Crippen LogP contribution in [0.15, 0.2) is 0 Å². The second kappa shape index (κ2) is 6.31. The van der Waals surface area contributed by atoms with Crippen LogP contribution in [0.3, 0.4) is 0 Å². The Hall–Kier alpha value is -0.810. The van der Waals surface area contributed by atoms with Crippen LogP contribution in [0, 0.1) is 5.41 Å². The van der Waals surface area contributed by atoms with Gasteiger partial charge in [-0.25, -0.2) is 4.79 Å². The molecular formula is C15H30N2O3. The van der Waals surface area contributed by atoms with Gasteiger partial charge in [0.1, 0.15) is 5.60 Å². The Morgan fingerprint density at radius 3 is 2.35 bits per heavy atom. The van der Waals surface area contributed by atoms with Crippen molar-refractivity contribution in [1.82, 2.24) is 10.2 Å². The maximum atomic E-state index is 12.2. The van der Waals surface area contributed by atoms with Crippen LogP contribution < -0.4 is 5.32 Å². The fraction of sp³-hybridized carbons (Fsp3) is 0.933. The van der Waals surface area contributed by atoms with Crippen molar-refractivity contribution in [2.24, 2.45) is 5.41 Å². The highest BCUT2D eigenvalue weighted by atomic mass is 16.6. The number of carbonyl (C=O) groups is 1. The van der Waals surface area contributed by atoms with Gasteiger partial charge in [-0.1, -0.05) is 20.8 Å². The van der Waals surface area contributed by atoms with Crippen LogP contribution >= 0.6 is 0 Å². The SMILES string of the molecule is CC(C)(C)C[C@H]1CN(C(=O)OC(C)(C)C)C[C@@H](O)CN1. The zero-order valence-electron chi connectivity index (χ0n) is 13.7. The minimum Gasteiger partial charge on any atom is -0.444 e. The Kier molecular flexibility index (Phi) is 5.44. The third-order valence-electron chi connectivity index (χ3n) is 3.02. The lowest BCUT2D eigenvalue weighted by Gasteiger charge is -2.31. The van der Waals surface area contributed by atoms with Crippen LogP contribution in [0.1, 0.15) is 48.0 Å². The highest BCUT2D eigenvalue weighted by Crippen LogP contribution is 2.22. The summed E-state index contributed by atoms with van der Waals surface area (Å²) in [6.07, 6.45) is 0.0468. The van der Waals surface area contributed by atoms with E-state index in [1.165, 1.54) is 0 Å². The zero-order valence-corrected chi connectivity index (χ0v) is 13.7. The fourth-order valence-electron chi connectivity index (χ4n) is 2.38. The van der Waals surface area contributed by atoms with E-state index in [2.05, 4.69) is 26.1 Å². The molecule has 118 valence electrons. The van der Waals surface area contributed by atoms with Gasteiger partial charge in [-0.2, -0.15) is 0 Å². The van der Waals surface area contributed by atoms with Gasteiger partial charge in [0.15, 0.2) is 0 Å². The first-order valence-corrected chi connectivity index (χ1v) is 7.36. The molecule has 2 N–H and O–H groups in total. The molecule has 2 atom stereocenters. The van der Waals surface area contributed by atoms with Crippen LogP contribution in [0.4, 0.5) is 4.79 Å². The van der Waals surface area contributed by atoms with Gasteiger partial charge in [0.05, 0.1) is 12.6 Å². The summed E-state index contributed by atoms with van der Waals surface area (Å²) in [6, 6.07) is 0.180. The van der Waals surface area contributed by atoms with E-state index in [1.54, 1.807) is 4.90 Å². The van der Waals surface area contributed by atoms with Gasteiger partial charge < -0.3 is 20.1 Å². The molecule has 0 aromatic rings. The largest absolute Gasteiger partial charge is 0.444 e. The first kappa shape index (κ1) is 17.2. The molecule has 0 aromatic carbocycles. The third-order valence-corrected chi connectivity index (χ3v) is 3.02. The number of nitrogens with zero attached hydrogens (tertiary/aromatic N) is 1. The molecule has 0 unspecified atom stereocenters. The number of ether oxygens (including phenoxy) is 1. The van der Waals surface area contributed by atoms with E-state index in [0.29, 0.717) is 19.6 Å².